The van der Waals surface area contributed by atoms with E-state index in [0.717, 1.165) is 22.1 Å². The first kappa shape index (κ1) is 21.0. The van der Waals surface area contributed by atoms with E-state index in [-0.39, 0.29) is 12.4 Å². The van der Waals surface area contributed by atoms with Crippen LogP contribution in [0.15, 0.2) is 66.7 Å². The lowest BCUT2D eigenvalue weighted by Crippen LogP contribution is -2.30. The number of nitrogens with one attached hydrogen (secondary N) is 1. The van der Waals surface area contributed by atoms with E-state index in [0.29, 0.717) is 12.0 Å². The number of carbonyl (C=O) groups is 2. The summed E-state index contributed by atoms with van der Waals surface area (Å²) in [6.45, 7) is -0.132. The van der Waals surface area contributed by atoms with Gasteiger partial charge in [0.05, 0.1) is 7.11 Å². The molecule has 1 N–H and O–H groups in total. The standard InChI is InChI=1S/C24H22FNO4/c1-29-21-10-9-19-14-17(6-8-20(19)15-21)7-11-24(28)30-16-23(27)26-13-12-18-4-2-3-5-22(18)25/h2-11,14-15H,12-13,16H2,1H3,(H,26,27)/b11-7+. The first-order valence-corrected chi connectivity index (χ1v) is 9.48. The van der Waals surface area contributed by atoms with E-state index in [4.69, 9.17) is 9.47 Å². The van der Waals surface area contributed by atoms with Crippen LogP contribution in [0.2, 0.25) is 0 Å². The van der Waals surface area contributed by atoms with Gasteiger partial charge in [-0.2, -0.15) is 0 Å². The predicted molar refractivity (Wildman–Crippen MR) is 114 cm³/mol. The van der Waals surface area contributed by atoms with Crippen molar-refractivity contribution >= 4 is 28.7 Å². The van der Waals surface area contributed by atoms with E-state index in [2.05, 4.69) is 5.32 Å². The third kappa shape index (κ3) is 5.91. The molecule has 3 rings (SSSR count). The van der Waals surface area contributed by atoms with Crippen molar-refractivity contribution < 1.29 is 23.5 Å². The number of benzene rings is 3. The van der Waals surface area contributed by atoms with E-state index in [1.165, 1.54) is 12.1 Å². The quantitative estimate of drug-likeness (QED) is 0.454. The second kappa shape index (κ2) is 10.2. The van der Waals surface area contributed by atoms with E-state index >= 15 is 0 Å². The fourth-order valence-corrected chi connectivity index (χ4v) is 2.91. The van der Waals surface area contributed by atoms with Gasteiger partial charge >= 0.3 is 5.97 Å². The van der Waals surface area contributed by atoms with Crippen LogP contribution in [0, 0.1) is 5.82 Å². The Morgan fingerprint density at radius 2 is 1.80 bits per heavy atom. The fraction of sp³-hybridized carbons (Fsp3) is 0.167. The van der Waals surface area contributed by atoms with Crippen LogP contribution in [0.4, 0.5) is 4.39 Å². The smallest absolute Gasteiger partial charge is 0.331 e. The molecule has 0 bridgehead atoms. The number of amides is 1. The van der Waals surface area contributed by atoms with E-state index in [9.17, 15) is 14.0 Å². The topological polar surface area (TPSA) is 64.6 Å². The van der Waals surface area contributed by atoms with Crippen LogP contribution in [-0.4, -0.2) is 32.1 Å². The monoisotopic (exact) mass is 407 g/mol. The Kier molecular flexibility index (Phi) is 7.16. The van der Waals surface area contributed by atoms with Gasteiger partial charge in [-0.05, 0) is 58.7 Å². The molecule has 0 unspecified atom stereocenters. The average molecular weight is 407 g/mol. The normalized spacial score (nSPS) is 10.9. The Morgan fingerprint density at radius 3 is 2.60 bits per heavy atom. The molecule has 1 amide bonds. The molecular weight excluding hydrogens is 385 g/mol. The minimum absolute atomic E-state index is 0.259. The maximum Gasteiger partial charge on any atom is 0.331 e. The number of hydrogen-bond donors (Lipinski definition) is 1. The zero-order chi connectivity index (χ0) is 21.3. The van der Waals surface area contributed by atoms with Crippen LogP contribution in [0.1, 0.15) is 11.1 Å². The summed E-state index contributed by atoms with van der Waals surface area (Å²) in [6, 6.07) is 17.9. The van der Waals surface area contributed by atoms with Crippen LogP contribution in [0.25, 0.3) is 16.8 Å². The molecule has 3 aromatic carbocycles. The molecule has 0 spiro atoms. The number of fused-ring (bicyclic) bond motifs is 1. The lowest BCUT2D eigenvalue weighted by atomic mass is 10.1. The van der Waals surface area contributed by atoms with Crippen molar-refractivity contribution in [1.82, 2.24) is 5.32 Å². The molecule has 3 aromatic rings. The summed E-state index contributed by atoms with van der Waals surface area (Å²) in [6.07, 6.45) is 3.26. The minimum Gasteiger partial charge on any atom is -0.497 e. The SMILES string of the molecule is COc1ccc2cc(/C=C/C(=O)OCC(=O)NCCc3ccccc3F)ccc2c1. The largest absolute Gasteiger partial charge is 0.497 e. The first-order chi connectivity index (χ1) is 14.5. The Labute approximate surface area is 174 Å². The molecule has 0 atom stereocenters. The van der Waals surface area contributed by atoms with Gasteiger partial charge in [-0.1, -0.05) is 36.4 Å². The molecule has 0 aliphatic heterocycles. The van der Waals surface area contributed by atoms with Crippen molar-refractivity contribution in [1.29, 1.82) is 0 Å². The molecule has 0 saturated carbocycles. The highest BCUT2D eigenvalue weighted by Gasteiger charge is 2.06. The van der Waals surface area contributed by atoms with E-state index < -0.39 is 18.5 Å². The second-order valence-electron chi connectivity index (χ2n) is 6.60. The van der Waals surface area contributed by atoms with Gasteiger partial charge in [0.25, 0.3) is 5.91 Å². The van der Waals surface area contributed by atoms with Crippen molar-refractivity contribution in [3.8, 4) is 5.75 Å². The zero-order valence-electron chi connectivity index (χ0n) is 16.6. The van der Waals surface area contributed by atoms with Gasteiger partial charge in [-0.25, -0.2) is 9.18 Å². The molecule has 0 saturated heterocycles. The molecule has 0 aliphatic carbocycles. The molecule has 30 heavy (non-hydrogen) atoms. The molecular formula is C24H22FNO4. The summed E-state index contributed by atoms with van der Waals surface area (Å²) >= 11 is 0. The lowest BCUT2D eigenvalue weighted by molar-refractivity contribution is -0.143. The Hall–Kier alpha value is -3.67. The summed E-state index contributed by atoms with van der Waals surface area (Å²) in [7, 11) is 1.62. The highest BCUT2D eigenvalue weighted by molar-refractivity contribution is 5.91. The van der Waals surface area contributed by atoms with Crippen molar-refractivity contribution in [3.63, 3.8) is 0 Å². The molecule has 0 fully saturated rings. The van der Waals surface area contributed by atoms with Gasteiger partial charge < -0.3 is 14.8 Å². The summed E-state index contributed by atoms with van der Waals surface area (Å²) in [4.78, 5) is 23.6. The maximum absolute atomic E-state index is 13.5. The van der Waals surface area contributed by atoms with E-state index in [1.54, 1.807) is 31.4 Å². The van der Waals surface area contributed by atoms with Crippen LogP contribution >= 0.6 is 0 Å². The molecule has 0 aliphatic rings. The number of esters is 1. The van der Waals surface area contributed by atoms with E-state index in [1.807, 2.05) is 36.4 Å². The van der Waals surface area contributed by atoms with Crippen molar-refractivity contribution in [2.45, 2.75) is 6.42 Å². The van der Waals surface area contributed by atoms with Gasteiger partial charge in [0.15, 0.2) is 6.61 Å². The molecule has 0 radical (unpaired) electrons. The maximum atomic E-state index is 13.5. The minimum atomic E-state index is -0.617. The predicted octanol–water partition coefficient (Wildman–Crippen LogP) is 3.90. The number of hydrogen-bond acceptors (Lipinski definition) is 4. The van der Waals surface area contributed by atoms with Crippen LogP contribution in [0.5, 0.6) is 5.75 Å². The van der Waals surface area contributed by atoms with Gasteiger partial charge in [0.2, 0.25) is 0 Å². The second-order valence-corrected chi connectivity index (χ2v) is 6.60. The highest BCUT2D eigenvalue weighted by Crippen LogP contribution is 2.22. The number of carbonyl (C=O) groups excluding carboxylic acids is 2. The van der Waals surface area contributed by atoms with Gasteiger partial charge in [0, 0.05) is 12.6 Å². The summed E-state index contributed by atoms with van der Waals surface area (Å²) in [5, 5.41) is 4.64. The Balaban J connectivity index is 1.44. The number of rotatable bonds is 8. The van der Waals surface area contributed by atoms with Crippen LogP contribution < -0.4 is 10.1 Å². The fourth-order valence-electron chi connectivity index (χ4n) is 2.91. The molecule has 154 valence electrons. The van der Waals surface area contributed by atoms with Crippen molar-refractivity contribution in [2.24, 2.45) is 0 Å². The van der Waals surface area contributed by atoms with Gasteiger partial charge in [-0.15, -0.1) is 0 Å². The molecule has 5 nitrogen and oxygen atoms in total. The molecule has 6 heteroatoms. The lowest BCUT2D eigenvalue weighted by Gasteiger charge is -2.06. The third-order valence-corrected chi connectivity index (χ3v) is 4.50. The number of methoxy groups -OCH3 is 1. The highest BCUT2D eigenvalue weighted by atomic mass is 19.1. The molecule has 0 aromatic heterocycles. The van der Waals surface area contributed by atoms with Crippen molar-refractivity contribution in [2.75, 3.05) is 20.3 Å². The Morgan fingerprint density at radius 1 is 1.03 bits per heavy atom. The van der Waals surface area contributed by atoms with Gasteiger partial charge in [0.1, 0.15) is 11.6 Å². The number of ether oxygens (including phenoxy) is 2. The number of halogens is 1. The van der Waals surface area contributed by atoms with Crippen molar-refractivity contribution in [3.05, 3.63) is 83.7 Å². The molecule has 0 heterocycles. The zero-order valence-corrected chi connectivity index (χ0v) is 16.6. The van der Waals surface area contributed by atoms with Crippen LogP contribution in [0.3, 0.4) is 0 Å². The third-order valence-electron chi connectivity index (χ3n) is 4.50. The van der Waals surface area contributed by atoms with Gasteiger partial charge in [-0.3, -0.25) is 4.79 Å². The average Bonchev–Trinajstić information content (AvgIpc) is 2.77. The Bertz CT molecular complexity index is 1080. The summed E-state index contributed by atoms with van der Waals surface area (Å²) < 4.78 is 23.7. The summed E-state index contributed by atoms with van der Waals surface area (Å²) in [5.74, 6) is -0.584. The van der Waals surface area contributed by atoms with Crippen LogP contribution in [-0.2, 0) is 20.7 Å². The first-order valence-electron chi connectivity index (χ1n) is 9.48. The summed E-state index contributed by atoms with van der Waals surface area (Å²) in [5.41, 5.74) is 1.35.